The summed E-state index contributed by atoms with van der Waals surface area (Å²) in [7, 11) is 0. The summed E-state index contributed by atoms with van der Waals surface area (Å²) in [5.74, 6) is 0.764. The van der Waals surface area contributed by atoms with Crippen molar-refractivity contribution in [1.82, 2.24) is 9.80 Å². The molecular formula is C17H26N2O2. The van der Waals surface area contributed by atoms with Crippen LogP contribution in [-0.4, -0.2) is 41.2 Å². The molecule has 4 heteroatoms. The summed E-state index contributed by atoms with van der Waals surface area (Å²) < 4.78 is 0. The normalized spacial score (nSPS) is 20.5. The van der Waals surface area contributed by atoms with Gasteiger partial charge in [0.25, 0.3) is 5.91 Å². The van der Waals surface area contributed by atoms with Gasteiger partial charge in [-0.3, -0.25) is 9.59 Å². The monoisotopic (exact) mass is 290 g/mol. The van der Waals surface area contributed by atoms with Gasteiger partial charge in [-0.25, -0.2) is 0 Å². The topological polar surface area (TPSA) is 40.6 Å². The van der Waals surface area contributed by atoms with Crippen molar-refractivity contribution in [3.8, 4) is 0 Å². The Morgan fingerprint density at radius 2 is 1.90 bits per heavy atom. The lowest BCUT2D eigenvalue weighted by atomic mass is 9.75. The molecule has 0 spiro atoms. The van der Waals surface area contributed by atoms with Crippen LogP contribution in [0.15, 0.2) is 24.4 Å². The largest absolute Gasteiger partial charge is 0.343 e. The Morgan fingerprint density at radius 3 is 2.38 bits per heavy atom. The van der Waals surface area contributed by atoms with Crippen molar-refractivity contribution in [3.05, 3.63) is 24.4 Å². The van der Waals surface area contributed by atoms with Crippen LogP contribution in [0.25, 0.3) is 0 Å². The molecule has 1 saturated heterocycles. The highest BCUT2D eigenvalue weighted by molar-refractivity contribution is 5.93. The van der Waals surface area contributed by atoms with Crippen LogP contribution in [0.1, 0.15) is 40.0 Å². The first kappa shape index (κ1) is 15.8. The molecule has 2 amide bonds. The van der Waals surface area contributed by atoms with Crippen molar-refractivity contribution >= 4 is 11.8 Å². The Labute approximate surface area is 127 Å². The standard InChI is InChI=1S/C17H26N2O2/c1-13-5-6-16(21)19(13)12-9-15(20)18-10-7-14(8-11-18)17(2,3)4/h5-6,14H,1,7-12H2,2-4H3. The average Bonchev–Trinajstić information content (AvgIpc) is 2.75. The molecule has 0 aliphatic carbocycles. The Morgan fingerprint density at radius 1 is 1.29 bits per heavy atom. The van der Waals surface area contributed by atoms with Crippen LogP contribution < -0.4 is 0 Å². The molecule has 2 aliphatic rings. The molecule has 0 unspecified atom stereocenters. The molecule has 0 N–H and O–H groups in total. The SMILES string of the molecule is C=C1C=CC(=O)N1CCC(=O)N1CCC(C(C)(C)C)CC1. The zero-order valence-corrected chi connectivity index (χ0v) is 13.4. The molecule has 0 saturated carbocycles. The number of hydrogen-bond acceptors (Lipinski definition) is 2. The number of rotatable bonds is 3. The predicted molar refractivity (Wildman–Crippen MR) is 83.4 cm³/mol. The van der Waals surface area contributed by atoms with E-state index in [9.17, 15) is 9.59 Å². The van der Waals surface area contributed by atoms with Gasteiger partial charge in [0.1, 0.15) is 0 Å². The van der Waals surface area contributed by atoms with Crippen molar-refractivity contribution in [2.24, 2.45) is 11.3 Å². The summed E-state index contributed by atoms with van der Waals surface area (Å²) >= 11 is 0. The maximum Gasteiger partial charge on any atom is 0.251 e. The molecule has 2 aliphatic heterocycles. The first-order valence-electron chi connectivity index (χ1n) is 7.75. The second kappa shape index (κ2) is 6.04. The van der Waals surface area contributed by atoms with E-state index in [0.717, 1.165) is 25.9 Å². The summed E-state index contributed by atoms with van der Waals surface area (Å²) in [4.78, 5) is 27.4. The molecule has 0 radical (unpaired) electrons. The molecule has 2 heterocycles. The van der Waals surface area contributed by atoms with E-state index in [1.165, 1.54) is 6.08 Å². The fraction of sp³-hybridized carbons (Fsp3) is 0.647. The third-order valence-electron chi connectivity index (χ3n) is 4.65. The van der Waals surface area contributed by atoms with E-state index in [0.29, 0.717) is 30.0 Å². The first-order chi connectivity index (χ1) is 9.79. The van der Waals surface area contributed by atoms with Crippen molar-refractivity contribution in [2.75, 3.05) is 19.6 Å². The number of amides is 2. The van der Waals surface area contributed by atoms with Gasteiger partial charge < -0.3 is 9.80 Å². The number of carbonyl (C=O) groups excluding carboxylic acids is 2. The van der Waals surface area contributed by atoms with Crippen LogP contribution in [0, 0.1) is 11.3 Å². The second-order valence-electron chi connectivity index (χ2n) is 7.09. The third kappa shape index (κ3) is 3.74. The Balaban J connectivity index is 1.78. The van der Waals surface area contributed by atoms with Gasteiger partial charge in [-0.15, -0.1) is 0 Å². The quantitative estimate of drug-likeness (QED) is 0.801. The van der Waals surface area contributed by atoms with E-state index >= 15 is 0 Å². The number of carbonyl (C=O) groups is 2. The van der Waals surface area contributed by atoms with Gasteiger partial charge in [0.15, 0.2) is 0 Å². The maximum absolute atomic E-state index is 12.3. The minimum absolute atomic E-state index is 0.0701. The van der Waals surface area contributed by atoms with Crippen molar-refractivity contribution in [2.45, 2.75) is 40.0 Å². The number of nitrogens with zero attached hydrogens (tertiary/aromatic N) is 2. The maximum atomic E-state index is 12.3. The molecule has 0 aromatic carbocycles. The average molecular weight is 290 g/mol. The first-order valence-corrected chi connectivity index (χ1v) is 7.75. The minimum atomic E-state index is -0.0701. The highest BCUT2D eigenvalue weighted by atomic mass is 16.2. The van der Waals surface area contributed by atoms with Crippen LogP contribution >= 0.6 is 0 Å². The number of likely N-dealkylation sites (tertiary alicyclic amines) is 1. The Bertz CT molecular complexity index is 448. The molecule has 0 aromatic heterocycles. The summed E-state index contributed by atoms with van der Waals surface area (Å²) in [5.41, 5.74) is 1.000. The smallest absolute Gasteiger partial charge is 0.251 e. The zero-order valence-electron chi connectivity index (χ0n) is 13.4. The van der Waals surface area contributed by atoms with Crippen LogP contribution in [0.5, 0.6) is 0 Å². The van der Waals surface area contributed by atoms with E-state index in [2.05, 4.69) is 27.4 Å². The molecule has 1 fully saturated rings. The molecular weight excluding hydrogens is 264 g/mol. The van der Waals surface area contributed by atoms with Gasteiger partial charge in [-0.2, -0.15) is 0 Å². The number of hydrogen-bond donors (Lipinski definition) is 0. The molecule has 4 nitrogen and oxygen atoms in total. The van der Waals surface area contributed by atoms with Crippen molar-refractivity contribution in [3.63, 3.8) is 0 Å². The predicted octanol–water partition coefficient (Wildman–Crippen LogP) is 2.57. The van der Waals surface area contributed by atoms with E-state index in [4.69, 9.17) is 0 Å². The lowest BCUT2D eigenvalue weighted by molar-refractivity contribution is -0.133. The third-order valence-corrected chi connectivity index (χ3v) is 4.65. The molecule has 0 bridgehead atoms. The van der Waals surface area contributed by atoms with Gasteiger partial charge in [-0.05, 0) is 30.3 Å². The fourth-order valence-corrected chi connectivity index (χ4v) is 3.10. The van der Waals surface area contributed by atoms with Gasteiger partial charge in [0.2, 0.25) is 5.91 Å². The summed E-state index contributed by atoms with van der Waals surface area (Å²) in [6, 6.07) is 0. The highest BCUT2D eigenvalue weighted by Gasteiger charge is 2.30. The molecule has 0 atom stereocenters. The summed E-state index contributed by atoms with van der Waals surface area (Å²) in [6.07, 6.45) is 5.73. The van der Waals surface area contributed by atoms with Gasteiger partial charge in [0, 0.05) is 37.8 Å². The molecule has 0 aromatic rings. The van der Waals surface area contributed by atoms with E-state index in [1.807, 2.05) is 4.90 Å². The van der Waals surface area contributed by atoms with Crippen molar-refractivity contribution < 1.29 is 9.59 Å². The second-order valence-corrected chi connectivity index (χ2v) is 7.09. The van der Waals surface area contributed by atoms with Gasteiger partial charge >= 0.3 is 0 Å². The van der Waals surface area contributed by atoms with E-state index in [-0.39, 0.29) is 11.8 Å². The van der Waals surface area contributed by atoms with Gasteiger partial charge in [0.05, 0.1) is 0 Å². The fourth-order valence-electron chi connectivity index (χ4n) is 3.10. The number of allylic oxidation sites excluding steroid dienone is 1. The van der Waals surface area contributed by atoms with Crippen LogP contribution in [0.3, 0.4) is 0 Å². The minimum Gasteiger partial charge on any atom is -0.343 e. The summed E-state index contributed by atoms with van der Waals surface area (Å²) in [5, 5.41) is 0. The molecule has 116 valence electrons. The lowest BCUT2D eigenvalue weighted by Gasteiger charge is -2.39. The van der Waals surface area contributed by atoms with Gasteiger partial charge in [-0.1, -0.05) is 27.4 Å². The Kier molecular flexibility index (Phi) is 4.55. The van der Waals surface area contributed by atoms with E-state index in [1.54, 1.807) is 11.0 Å². The van der Waals surface area contributed by atoms with Crippen molar-refractivity contribution in [1.29, 1.82) is 0 Å². The van der Waals surface area contributed by atoms with Crippen LogP contribution in [0.4, 0.5) is 0 Å². The molecule has 2 rings (SSSR count). The number of piperidine rings is 1. The van der Waals surface area contributed by atoms with Crippen LogP contribution in [0.2, 0.25) is 0 Å². The Hall–Kier alpha value is -1.58. The zero-order chi connectivity index (χ0) is 15.6. The lowest BCUT2D eigenvalue weighted by Crippen LogP contribution is -2.42. The summed E-state index contributed by atoms with van der Waals surface area (Å²) in [6.45, 7) is 12.7. The van der Waals surface area contributed by atoms with E-state index < -0.39 is 0 Å². The highest BCUT2D eigenvalue weighted by Crippen LogP contribution is 2.34. The van der Waals surface area contributed by atoms with Crippen LogP contribution in [-0.2, 0) is 9.59 Å². The molecule has 21 heavy (non-hydrogen) atoms.